The van der Waals surface area contributed by atoms with Crippen LogP contribution >= 0.6 is 11.6 Å². The molecule has 7 nitrogen and oxygen atoms in total. The highest BCUT2D eigenvalue weighted by atomic mass is 35.5. The van der Waals surface area contributed by atoms with Gasteiger partial charge in [-0.05, 0) is 54.4 Å². The van der Waals surface area contributed by atoms with Crippen LogP contribution in [0.15, 0.2) is 48.5 Å². The lowest BCUT2D eigenvalue weighted by atomic mass is 10.1. The van der Waals surface area contributed by atoms with Gasteiger partial charge in [-0.3, -0.25) is 4.79 Å². The molecular formula is C21H19ClF2N4O3. The number of nitrogens with zero attached hydrogens (tertiary/aromatic N) is 2. The van der Waals surface area contributed by atoms with Crippen molar-refractivity contribution in [2.45, 2.75) is 18.5 Å². The maximum absolute atomic E-state index is 12.8. The molecular weight excluding hydrogens is 430 g/mol. The van der Waals surface area contributed by atoms with Crippen LogP contribution in [0.2, 0.25) is 0 Å². The number of hydrogen-bond donors (Lipinski definition) is 3. The minimum Gasteiger partial charge on any atom is -0.420 e. The molecule has 1 aliphatic heterocycles. The number of benzene rings is 2. The third-order valence-electron chi connectivity index (χ3n) is 4.79. The van der Waals surface area contributed by atoms with Crippen LogP contribution < -0.4 is 15.4 Å². The Kier molecular flexibility index (Phi) is 5.79. The second-order valence-electron chi connectivity index (χ2n) is 6.94. The van der Waals surface area contributed by atoms with E-state index in [-0.39, 0.29) is 24.8 Å². The van der Waals surface area contributed by atoms with Crippen LogP contribution in [0.25, 0.3) is 11.3 Å². The van der Waals surface area contributed by atoms with E-state index in [9.17, 15) is 18.7 Å². The topological polar surface area (TPSA) is 88.4 Å². The van der Waals surface area contributed by atoms with E-state index >= 15 is 0 Å². The second-order valence-corrected chi connectivity index (χ2v) is 7.38. The first-order chi connectivity index (χ1) is 14.8. The van der Waals surface area contributed by atoms with Crippen LogP contribution in [-0.2, 0) is 13.0 Å². The van der Waals surface area contributed by atoms with Crippen LogP contribution in [0.4, 0.5) is 20.3 Å². The number of carbonyl (C=O) groups is 1. The van der Waals surface area contributed by atoms with E-state index in [0.29, 0.717) is 22.6 Å². The third kappa shape index (κ3) is 4.95. The van der Waals surface area contributed by atoms with E-state index in [1.807, 2.05) is 12.1 Å². The number of aliphatic hydroxyl groups excluding tert-OH is 1. The van der Waals surface area contributed by atoms with Crippen LogP contribution in [-0.4, -0.2) is 39.5 Å². The number of ether oxygens (including phenoxy) is 1. The highest BCUT2D eigenvalue weighted by molar-refractivity contribution is 6.20. The Morgan fingerprint density at radius 3 is 2.74 bits per heavy atom. The van der Waals surface area contributed by atoms with E-state index in [4.69, 9.17) is 11.6 Å². The van der Waals surface area contributed by atoms with Gasteiger partial charge in [0, 0.05) is 41.0 Å². The molecule has 2 heterocycles. The maximum Gasteiger partial charge on any atom is 0.487 e. The summed E-state index contributed by atoms with van der Waals surface area (Å²) in [4.78, 5) is 12.8. The summed E-state index contributed by atoms with van der Waals surface area (Å²) >= 11 is 4.77. The lowest BCUT2D eigenvalue weighted by Gasteiger charge is -2.10. The number of anilines is 2. The number of carbonyl (C=O) groups excluding carboxylic acids is 1. The first-order valence-electron chi connectivity index (χ1n) is 9.55. The molecule has 0 bridgehead atoms. The normalized spacial score (nSPS) is 12.9. The van der Waals surface area contributed by atoms with E-state index in [1.165, 1.54) is 16.8 Å². The SMILES string of the molecule is O=C(Nc1cc(-c2ccc(OC(F)(F)Cl)cc2)nn1CCO)c1ccc2c(c1)CCN2. The zero-order valence-electron chi connectivity index (χ0n) is 16.2. The molecule has 1 aromatic heterocycles. The summed E-state index contributed by atoms with van der Waals surface area (Å²) in [6.45, 7) is 0.842. The van der Waals surface area contributed by atoms with Crippen molar-refractivity contribution in [2.24, 2.45) is 0 Å². The number of rotatable bonds is 7. The monoisotopic (exact) mass is 448 g/mol. The van der Waals surface area contributed by atoms with Gasteiger partial charge in [-0.1, -0.05) is 0 Å². The fourth-order valence-corrected chi connectivity index (χ4v) is 3.47. The van der Waals surface area contributed by atoms with E-state index < -0.39 is 5.57 Å². The molecule has 31 heavy (non-hydrogen) atoms. The van der Waals surface area contributed by atoms with Crippen molar-refractivity contribution < 1.29 is 23.4 Å². The van der Waals surface area contributed by atoms with Gasteiger partial charge in [0.2, 0.25) is 0 Å². The molecule has 0 fully saturated rings. The summed E-state index contributed by atoms with van der Waals surface area (Å²) in [6.07, 6.45) is 0.860. The molecule has 162 valence electrons. The Morgan fingerprint density at radius 2 is 2.03 bits per heavy atom. The van der Waals surface area contributed by atoms with Crippen LogP contribution in [0.5, 0.6) is 5.75 Å². The van der Waals surface area contributed by atoms with Crippen molar-refractivity contribution in [3.05, 3.63) is 59.7 Å². The number of nitrogens with one attached hydrogen (secondary N) is 2. The molecule has 0 spiro atoms. The van der Waals surface area contributed by atoms with Gasteiger partial charge in [0.25, 0.3) is 5.91 Å². The molecule has 0 atom stereocenters. The number of hydrogen-bond acceptors (Lipinski definition) is 5. The number of amides is 1. The second kappa shape index (κ2) is 8.52. The minimum absolute atomic E-state index is 0.0989. The Balaban J connectivity index is 1.55. The fraction of sp³-hybridized carbons (Fsp3) is 0.238. The number of fused-ring (bicyclic) bond motifs is 1. The lowest BCUT2D eigenvalue weighted by Crippen LogP contribution is -2.16. The van der Waals surface area contributed by atoms with Crippen LogP contribution in [0.3, 0.4) is 0 Å². The molecule has 1 aliphatic rings. The largest absolute Gasteiger partial charge is 0.487 e. The van der Waals surface area contributed by atoms with E-state index in [1.54, 1.807) is 24.3 Å². The molecule has 2 aromatic carbocycles. The van der Waals surface area contributed by atoms with Crippen molar-refractivity contribution in [2.75, 3.05) is 23.8 Å². The van der Waals surface area contributed by atoms with E-state index in [0.717, 1.165) is 24.2 Å². The Labute approximate surface area is 181 Å². The first kappa shape index (κ1) is 21.1. The zero-order chi connectivity index (χ0) is 22.0. The molecule has 3 N–H and O–H groups in total. The maximum atomic E-state index is 12.8. The predicted molar refractivity (Wildman–Crippen MR) is 113 cm³/mol. The van der Waals surface area contributed by atoms with Crippen molar-refractivity contribution in [3.63, 3.8) is 0 Å². The summed E-state index contributed by atoms with van der Waals surface area (Å²) < 4.78 is 31.3. The summed E-state index contributed by atoms with van der Waals surface area (Å²) in [5.41, 5.74) is -0.0584. The number of alkyl halides is 3. The summed E-state index contributed by atoms with van der Waals surface area (Å²) in [5.74, 6) is 0.00638. The van der Waals surface area contributed by atoms with Gasteiger partial charge in [0.1, 0.15) is 11.6 Å². The van der Waals surface area contributed by atoms with E-state index in [2.05, 4.69) is 20.5 Å². The van der Waals surface area contributed by atoms with Gasteiger partial charge in [0.05, 0.1) is 18.8 Å². The molecule has 0 saturated heterocycles. The van der Waals surface area contributed by atoms with Gasteiger partial charge in [-0.15, -0.1) is 8.78 Å². The van der Waals surface area contributed by atoms with Crippen molar-refractivity contribution >= 4 is 29.0 Å². The molecule has 3 aromatic rings. The average Bonchev–Trinajstić information content (AvgIpc) is 3.34. The molecule has 0 aliphatic carbocycles. The van der Waals surface area contributed by atoms with Gasteiger partial charge >= 0.3 is 5.57 Å². The molecule has 4 rings (SSSR count). The highest BCUT2D eigenvalue weighted by Crippen LogP contribution is 2.29. The van der Waals surface area contributed by atoms with Crippen molar-refractivity contribution in [1.82, 2.24) is 9.78 Å². The Morgan fingerprint density at radius 1 is 1.26 bits per heavy atom. The lowest BCUT2D eigenvalue weighted by molar-refractivity contribution is -0.0964. The third-order valence-corrected chi connectivity index (χ3v) is 4.87. The summed E-state index contributed by atoms with van der Waals surface area (Å²) in [6, 6.07) is 12.9. The molecule has 0 radical (unpaired) electrons. The predicted octanol–water partition coefficient (Wildman–Crippen LogP) is 3.93. The van der Waals surface area contributed by atoms with Crippen LogP contribution in [0, 0.1) is 0 Å². The Hall–Kier alpha value is -3.17. The van der Waals surface area contributed by atoms with Gasteiger partial charge in [-0.25, -0.2) is 4.68 Å². The van der Waals surface area contributed by atoms with Crippen molar-refractivity contribution in [1.29, 1.82) is 0 Å². The van der Waals surface area contributed by atoms with Gasteiger partial charge in [-0.2, -0.15) is 5.10 Å². The quantitative estimate of drug-likeness (QED) is 0.477. The molecule has 10 heteroatoms. The minimum atomic E-state index is -3.80. The summed E-state index contributed by atoms with van der Waals surface area (Å²) in [7, 11) is 0. The average molecular weight is 449 g/mol. The molecule has 0 unspecified atom stereocenters. The van der Waals surface area contributed by atoms with Gasteiger partial charge < -0.3 is 20.5 Å². The molecule has 1 amide bonds. The summed E-state index contributed by atoms with van der Waals surface area (Å²) in [5, 5.41) is 19.8. The highest BCUT2D eigenvalue weighted by Gasteiger charge is 2.27. The van der Waals surface area contributed by atoms with Gasteiger partial charge in [0.15, 0.2) is 0 Å². The zero-order valence-corrected chi connectivity index (χ0v) is 17.0. The fourth-order valence-electron chi connectivity index (χ4n) is 3.39. The number of aliphatic hydroxyl groups is 1. The number of aromatic nitrogens is 2. The number of halogens is 3. The first-order valence-corrected chi connectivity index (χ1v) is 9.93. The Bertz CT molecular complexity index is 1100. The smallest absolute Gasteiger partial charge is 0.420 e. The standard InChI is InChI=1S/C21H19ClF2N4O3/c22-21(23,24)31-16-4-1-13(2-5-16)18-12-19(28(27-18)9-10-29)26-20(30)15-3-6-17-14(11-15)7-8-25-17/h1-6,11-12,25,29H,7-10H2,(H,26,30). The van der Waals surface area contributed by atoms with Crippen molar-refractivity contribution in [3.8, 4) is 17.0 Å². The molecule has 0 saturated carbocycles. The van der Waals surface area contributed by atoms with Crippen LogP contribution in [0.1, 0.15) is 15.9 Å².